The first-order valence-electron chi connectivity index (χ1n) is 4.60. The largest absolute Gasteiger partial charge is 0.147 e. The van der Waals surface area contributed by atoms with Crippen molar-refractivity contribution < 1.29 is 27.7 Å². The van der Waals surface area contributed by atoms with Gasteiger partial charge in [-0.2, -0.15) is 0 Å². The van der Waals surface area contributed by atoms with Gasteiger partial charge < -0.3 is 0 Å². The van der Waals surface area contributed by atoms with E-state index in [1.165, 1.54) is 22.3 Å². The second kappa shape index (κ2) is 6.58. The van der Waals surface area contributed by atoms with Crippen LogP contribution < -0.4 is 0 Å². The minimum Gasteiger partial charge on any atom is -0.147 e. The monoisotopic (exact) mass is 417 g/mol. The molecule has 0 aromatic carbocycles. The smallest absolute Gasteiger partial charge is 0.147 e. The van der Waals surface area contributed by atoms with Crippen LogP contribution in [-0.4, -0.2) is 6.61 Å². The second-order valence-corrected chi connectivity index (χ2v) is 5.30. The Hall–Kier alpha value is 0.890. The number of halogens is 2. The topological polar surface area (TPSA) is 9.23 Å². The Balaban J connectivity index is 0. The van der Waals surface area contributed by atoms with Crippen LogP contribution in [0.4, 0.5) is 0 Å². The van der Waals surface area contributed by atoms with E-state index in [-0.39, 0.29) is 30.2 Å². The first kappa shape index (κ1) is 18.3. The molecule has 0 aromatic heterocycles. The van der Waals surface area contributed by atoms with Crippen molar-refractivity contribution in [3.63, 3.8) is 0 Å². The third-order valence-corrected chi connectivity index (χ3v) is 4.00. The van der Waals surface area contributed by atoms with Crippen LogP contribution in [0.25, 0.3) is 0 Å². The molecule has 0 radical (unpaired) electrons. The summed E-state index contributed by atoms with van der Waals surface area (Å²) in [5.74, 6) is 0. The molecule has 0 heterocycles. The number of allylic oxidation sites excluding steroid dienone is 3. The van der Waals surface area contributed by atoms with Gasteiger partial charge in [-0.1, -0.05) is 0 Å². The summed E-state index contributed by atoms with van der Waals surface area (Å²) in [6.45, 7) is 12.1. The Morgan fingerprint density at radius 3 is 1.80 bits per heavy atom. The summed E-state index contributed by atoms with van der Waals surface area (Å²) in [7, 11) is 0. The standard InChI is InChI=1S/C11H17O.2ClH.Hf/c1-7-8(2)10(6-12)11(4,5)9(7)3;;;/h6H2,1-5H3;2*1H;/q-1;;;+1. The van der Waals surface area contributed by atoms with Crippen LogP contribution >= 0.6 is 24.8 Å². The molecule has 0 atom stereocenters. The van der Waals surface area contributed by atoms with E-state index >= 15 is 0 Å². The molecule has 0 aliphatic heterocycles. The summed E-state index contributed by atoms with van der Waals surface area (Å²) in [5.41, 5.74) is 6.09. The van der Waals surface area contributed by atoms with Crippen LogP contribution in [0.5, 0.6) is 0 Å². The molecule has 0 saturated heterocycles. The van der Waals surface area contributed by atoms with Crippen LogP contribution in [0, 0.1) is 5.41 Å². The summed E-state index contributed by atoms with van der Waals surface area (Å²) < 4.78 is 5.38. The van der Waals surface area contributed by atoms with Gasteiger partial charge in [0.1, 0.15) is 0 Å². The maximum atomic E-state index is 5.38. The fraction of sp³-hybridized carbons (Fsp3) is 0.636. The van der Waals surface area contributed by atoms with Gasteiger partial charge in [0.15, 0.2) is 0 Å². The van der Waals surface area contributed by atoms with Crippen LogP contribution in [0.3, 0.4) is 0 Å². The fourth-order valence-corrected chi connectivity index (χ4v) is 2.55. The third kappa shape index (κ3) is 3.18. The molecule has 1 aliphatic carbocycles. The molecule has 0 aromatic rings. The molecule has 0 saturated carbocycles. The Labute approximate surface area is 121 Å². The van der Waals surface area contributed by atoms with Gasteiger partial charge in [-0.15, -0.1) is 24.8 Å². The van der Waals surface area contributed by atoms with Gasteiger partial charge in [-0.3, -0.25) is 0 Å². The van der Waals surface area contributed by atoms with Gasteiger partial charge in [0, 0.05) is 0 Å². The van der Waals surface area contributed by atoms with Gasteiger partial charge >= 0.3 is 96.6 Å². The van der Waals surface area contributed by atoms with Crippen molar-refractivity contribution >= 4 is 24.8 Å². The molecule has 87 valence electrons. The van der Waals surface area contributed by atoms with E-state index in [9.17, 15) is 0 Å². The zero-order valence-electron chi connectivity index (χ0n) is 9.93. The number of hydrogen-bond acceptors (Lipinski definition) is 1. The van der Waals surface area contributed by atoms with Crippen molar-refractivity contribution in [2.24, 2.45) is 5.41 Å². The fourth-order valence-electron chi connectivity index (χ4n) is 2.03. The molecule has 1 nitrogen and oxygen atoms in total. The maximum absolute atomic E-state index is 5.38. The molecule has 0 spiro atoms. The quantitative estimate of drug-likeness (QED) is 0.618. The summed E-state index contributed by atoms with van der Waals surface area (Å²) >= 11 is 0.828. The Morgan fingerprint density at radius 1 is 1.07 bits per heavy atom. The van der Waals surface area contributed by atoms with E-state index in [1.54, 1.807) is 0 Å². The minimum atomic E-state index is 0. The van der Waals surface area contributed by atoms with Gasteiger partial charge in [0.05, 0.1) is 0 Å². The predicted octanol–water partition coefficient (Wildman–Crippen LogP) is 4.00. The minimum absolute atomic E-state index is 0. The molecule has 1 rings (SSSR count). The average molecular weight is 417 g/mol. The second-order valence-electron chi connectivity index (χ2n) is 4.27. The molecule has 0 N–H and O–H groups in total. The average Bonchev–Trinajstić information content (AvgIpc) is 2.20. The van der Waals surface area contributed by atoms with E-state index < -0.39 is 0 Å². The molecule has 4 heteroatoms. The van der Waals surface area contributed by atoms with Gasteiger partial charge in [-0.25, -0.2) is 0 Å². The van der Waals surface area contributed by atoms with E-state index in [0.29, 0.717) is 0 Å². The van der Waals surface area contributed by atoms with E-state index in [0.717, 1.165) is 31.4 Å². The van der Waals surface area contributed by atoms with Gasteiger partial charge in [-0.05, 0) is 0 Å². The van der Waals surface area contributed by atoms with Crippen LogP contribution in [-0.2, 0) is 27.7 Å². The van der Waals surface area contributed by atoms with E-state index in [2.05, 4.69) is 34.6 Å². The molecule has 0 amide bonds. The molecule has 15 heavy (non-hydrogen) atoms. The zero-order valence-corrected chi connectivity index (χ0v) is 15.2. The van der Waals surface area contributed by atoms with Crippen molar-refractivity contribution in [2.45, 2.75) is 34.6 Å². The normalized spacial score (nSPS) is 18.7. The van der Waals surface area contributed by atoms with Crippen molar-refractivity contribution in [3.05, 3.63) is 22.3 Å². The molecular formula is C11H19Cl2HfO. The number of hydrogen-bond donors (Lipinski definition) is 0. The first-order valence-corrected chi connectivity index (χ1v) is 6.06. The Bertz CT molecular complexity index is 293. The molecule has 1 aliphatic rings. The summed E-state index contributed by atoms with van der Waals surface area (Å²) in [4.78, 5) is 0. The van der Waals surface area contributed by atoms with E-state index in [4.69, 9.17) is 2.85 Å². The van der Waals surface area contributed by atoms with Crippen LogP contribution in [0.1, 0.15) is 34.6 Å². The predicted molar refractivity (Wildman–Crippen MR) is 65.3 cm³/mol. The SMILES string of the molecule is CC1=C(C)C(C)(C)C(C[O][Hf])=C1C.Cl.Cl. The van der Waals surface area contributed by atoms with Crippen molar-refractivity contribution in [1.29, 1.82) is 0 Å². The first-order chi connectivity index (χ1) is 5.92. The van der Waals surface area contributed by atoms with E-state index in [1.807, 2.05) is 0 Å². The zero-order chi connectivity index (χ0) is 10.2. The molecule has 0 unspecified atom stereocenters. The van der Waals surface area contributed by atoms with Crippen molar-refractivity contribution in [1.82, 2.24) is 0 Å². The maximum Gasteiger partial charge on any atom is -0.147 e. The summed E-state index contributed by atoms with van der Waals surface area (Å²) in [6, 6.07) is 0. The molecule has 0 bridgehead atoms. The third-order valence-electron chi connectivity index (χ3n) is 3.49. The van der Waals surface area contributed by atoms with Gasteiger partial charge in [0.25, 0.3) is 0 Å². The Morgan fingerprint density at radius 2 is 1.53 bits per heavy atom. The van der Waals surface area contributed by atoms with Crippen molar-refractivity contribution in [3.8, 4) is 0 Å². The molecular weight excluding hydrogens is 398 g/mol. The molecule has 0 fully saturated rings. The summed E-state index contributed by atoms with van der Waals surface area (Å²) in [5, 5.41) is 0. The summed E-state index contributed by atoms with van der Waals surface area (Å²) in [6.07, 6.45) is 0. The number of rotatable bonds is 2. The van der Waals surface area contributed by atoms with Crippen LogP contribution in [0.2, 0.25) is 0 Å². The Kier molecular flexibility index (Phi) is 8.01. The van der Waals surface area contributed by atoms with Crippen LogP contribution in [0.15, 0.2) is 22.3 Å². The van der Waals surface area contributed by atoms with Crippen molar-refractivity contribution in [2.75, 3.05) is 6.61 Å². The van der Waals surface area contributed by atoms with Gasteiger partial charge in [0.2, 0.25) is 0 Å².